The maximum absolute atomic E-state index is 6.36. The van der Waals surface area contributed by atoms with Crippen LogP contribution in [0.4, 0.5) is 0 Å². The van der Waals surface area contributed by atoms with Gasteiger partial charge in [0.15, 0.2) is 0 Å². The molecule has 0 saturated carbocycles. The molecule has 31 heavy (non-hydrogen) atoms. The lowest BCUT2D eigenvalue weighted by Gasteiger charge is -2.37. The monoisotopic (exact) mass is 418 g/mol. The van der Waals surface area contributed by atoms with E-state index in [9.17, 15) is 0 Å². The van der Waals surface area contributed by atoms with Crippen LogP contribution in [0.1, 0.15) is 23.1 Å². The second-order valence-corrected chi connectivity index (χ2v) is 7.79. The van der Waals surface area contributed by atoms with E-state index >= 15 is 0 Å². The Balaban J connectivity index is 1.38. The maximum Gasteiger partial charge on any atom is 0.113 e. The summed E-state index contributed by atoms with van der Waals surface area (Å²) in [7, 11) is 0. The minimum absolute atomic E-state index is 0.0389. The first kappa shape index (κ1) is 21.7. The molecule has 0 unspecified atom stereocenters. The average molecular weight is 419 g/mol. The molecule has 0 bridgehead atoms. The van der Waals surface area contributed by atoms with Gasteiger partial charge in [0.1, 0.15) is 12.2 Å². The Bertz CT molecular complexity index is 870. The summed E-state index contributed by atoms with van der Waals surface area (Å²) in [5, 5.41) is 0. The molecule has 0 radical (unpaired) electrons. The van der Waals surface area contributed by atoms with E-state index in [1.54, 1.807) is 0 Å². The number of ether oxygens (including phenoxy) is 4. The molecular formula is C27H30O4. The van der Waals surface area contributed by atoms with Crippen molar-refractivity contribution in [2.45, 2.75) is 44.6 Å². The van der Waals surface area contributed by atoms with Gasteiger partial charge in [-0.2, -0.15) is 0 Å². The van der Waals surface area contributed by atoms with Gasteiger partial charge in [0.2, 0.25) is 0 Å². The first-order valence-corrected chi connectivity index (χ1v) is 10.9. The van der Waals surface area contributed by atoms with Gasteiger partial charge >= 0.3 is 0 Å². The van der Waals surface area contributed by atoms with Crippen LogP contribution in [0.3, 0.4) is 0 Å². The van der Waals surface area contributed by atoms with Crippen LogP contribution in [0.15, 0.2) is 91.0 Å². The van der Waals surface area contributed by atoms with E-state index < -0.39 is 0 Å². The Morgan fingerprint density at radius 3 is 1.74 bits per heavy atom. The van der Waals surface area contributed by atoms with Crippen LogP contribution in [-0.2, 0) is 38.8 Å². The fraction of sp³-hybridized carbons (Fsp3) is 0.333. The lowest BCUT2D eigenvalue weighted by Crippen LogP contribution is -2.49. The fourth-order valence-corrected chi connectivity index (χ4v) is 3.78. The molecule has 1 heterocycles. The van der Waals surface area contributed by atoms with Crippen molar-refractivity contribution in [3.63, 3.8) is 0 Å². The van der Waals surface area contributed by atoms with Gasteiger partial charge in [-0.05, 0) is 23.1 Å². The van der Waals surface area contributed by atoms with Crippen LogP contribution in [0.2, 0.25) is 0 Å². The highest BCUT2D eigenvalue weighted by Gasteiger charge is 2.36. The molecule has 3 atom stereocenters. The van der Waals surface area contributed by atoms with E-state index in [1.165, 1.54) is 0 Å². The summed E-state index contributed by atoms with van der Waals surface area (Å²) >= 11 is 0. The molecule has 3 aromatic rings. The summed E-state index contributed by atoms with van der Waals surface area (Å²) in [4.78, 5) is 0. The molecule has 1 aliphatic heterocycles. The zero-order chi connectivity index (χ0) is 21.1. The van der Waals surface area contributed by atoms with E-state index in [-0.39, 0.29) is 18.3 Å². The van der Waals surface area contributed by atoms with Crippen molar-refractivity contribution in [2.24, 2.45) is 0 Å². The predicted octanol–water partition coefficient (Wildman–Crippen LogP) is 5.16. The number of hydrogen-bond acceptors (Lipinski definition) is 4. The zero-order valence-corrected chi connectivity index (χ0v) is 17.8. The van der Waals surface area contributed by atoms with E-state index in [1.807, 2.05) is 54.6 Å². The zero-order valence-electron chi connectivity index (χ0n) is 17.8. The summed E-state index contributed by atoms with van der Waals surface area (Å²) < 4.78 is 24.7. The van der Waals surface area contributed by atoms with Gasteiger partial charge in [-0.15, -0.1) is 0 Å². The third-order valence-electron chi connectivity index (χ3n) is 5.45. The number of benzene rings is 3. The molecule has 0 N–H and O–H groups in total. The van der Waals surface area contributed by atoms with Crippen LogP contribution >= 0.6 is 0 Å². The quantitative estimate of drug-likeness (QED) is 0.456. The van der Waals surface area contributed by atoms with E-state index in [4.69, 9.17) is 18.9 Å². The summed E-state index contributed by atoms with van der Waals surface area (Å²) in [6.45, 7) is 2.76. The van der Waals surface area contributed by atoms with Gasteiger partial charge in [-0.3, -0.25) is 0 Å². The summed E-state index contributed by atoms with van der Waals surface area (Å²) in [5.41, 5.74) is 3.45. The van der Waals surface area contributed by atoms with Crippen molar-refractivity contribution >= 4 is 0 Å². The minimum atomic E-state index is -0.187. The molecule has 162 valence electrons. The Kier molecular flexibility index (Phi) is 8.25. The van der Waals surface area contributed by atoms with Crippen molar-refractivity contribution in [1.82, 2.24) is 0 Å². The van der Waals surface area contributed by atoms with Crippen LogP contribution in [-0.4, -0.2) is 31.5 Å². The smallest absolute Gasteiger partial charge is 0.113 e. The highest BCUT2D eigenvalue weighted by molar-refractivity contribution is 5.15. The lowest BCUT2D eigenvalue weighted by molar-refractivity contribution is -0.197. The Morgan fingerprint density at radius 1 is 0.645 bits per heavy atom. The predicted molar refractivity (Wildman–Crippen MR) is 120 cm³/mol. The first-order valence-electron chi connectivity index (χ1n) is 10.9. The molecule has 0 aromatic heterocycles. The van der Waals surface area contributed by atoms with Crippen molar-refractivity contribution in [3.8, 4) is 0 Å². The molecule has 4 heteroatoms. The van der Waals surface area contributed by atoms with Crippen molar-refractivity contribution in [2.75, 3.05) is 13.2 Å². The van der Waals surface area contributed by atoms with Crippen LogP contribution in [0.5, 0.6) is 0 Å². The fourth-order valence-electron chi connectivity index (χ4n) is 3.78. The number of hydrogen-bond donors (Lipinski definition) is 0. The molecule has 4 nitrogen and oxygen atoms in total. The number of rotatable bonds is 10. The van der Waals surface area contributed by atoms with Crippen LogP contribution < -0.4 is 0 Å². The Hall–Kier alpha value is -2.50. The third kappa shape index (κ3) is 6.74. The normalized spacial score (nSPS) is 21.1. The van der Waals surface area contributed by atoms with Gasteiger partial charge in [0.25, 0.3) is 0 Å². The second-order valence-electron chi connectivity index (χ2n) is 7.79. The standard InChI is InChI=1S/C27H30O4/c1-4-10-22(11-5-1)18-28-21-26-27(31-20-24-14-8-3-9-15-24)25(16-17-29-26)30-19-23-12-6-2-7-13-23/h1-15,25-27H,16-21H2/t25-,26-,27-/m1/s1. The average Bonchev–Trinajstić information content (AvgIpc) is 2.84. The maximum atomic E-state index is 6.36. The van der Waals surface area contributed by atoms with Gasteiger partial charge in [-0.1, -0.05) is 91.0 Å². The summed E-state index contributed by atoms with van der Waals surface area (Å²) in [5.74, 6) is 0. The third-order valence-corrected chi connectivity index (χ3v) is 5.45. The van der Waals surface area contributed by atoms with Crippen molar-refractivity contribution in [1.29, 1.82) is 0 Å². The van der Waals surface area contributed by atoms with E-state index in [2.05, 4.69) is 36.4 Å². The molecular weight excluding hydrogens is 388 g/mol. The largest absolute Gasteiger partial charge is 0.374 e. The van der Waals surface area contributed by atoms with Gasteiger partial charge < -0.3 is 18.9 Å². The highest BCUT2D eigenvalue weighted by atomic mass is 16.6. The topological polar surface area (TPSA) is 36.9 Å². The minimum Gasteiger partial charge on any atom is -0.374 e. The highest BCUT2D eigenvalue weighted by Crippen LogP contribution is 2.24. The molecule has 0 amide bonds. The molecule has 1 saturated heterocycles. The lowest BCUT2D eigenvalue weighted by atomic mass is 10.0. The van der Waals surface area contributed by atoms with Crippen molar-refractivity contribution < 1.29 is 18.9 Å². The molecule has 1 fully saturated rings. The first-order chi connectivity index (χ1) is 15.4. The molecule has 0 spiro atoms. The molecule has 0 aliphatic carbocycles. The summed E-state index contributed by atoms with van der Waals surface area (Å²) in [6, 6.07) is 30.7. The SMILES string of the molecule is c1ccc(COC[C@H]2OCC[C@@H](OCc3ccccc3)[C@H]2OCc2ccccc2)cc1. The molecule has 4 rings (SSSR count). The van der Waals surface area contributed by atoms with Crippen LogP contribution in [0.25, 0.3) is 0 Å². The van der Waals surface area contributed by atoms with Crippen molar-refractivity contribution in [3.05, 3.63) is 108 Å². The van der Waals surface area contributed by atoms with Crippen LogP contribution in [0, 0.1) is 0 Å². The summed E-state index contributed by atoms with van der Waals surface area (Å²) in [6.07, 6.45) is 0.417. The molecule has 1 aliphatic rings. The van der Waals surface area contributed by atoms with E-state index in [0.717, 1.165) is 23.1 Å². The van der Waals surface area contributed by atoms with Gasteiger partial charge in [0, 0.05) is 6.61 Å². The van der Waals surface area contributed by atoms with Gasteiger partial charge in [0.05, 0.1) is 32.5 Å². The van der Waals surface area contributed by atoms with Gasteiger partial charge in [-0.25, -0.2) is 0 Å². The van der Waals surface area contributed by atoms with E-state index in [0.29, 0.717) is 33.0 Å². The second kappa shape index (κ2) is 11.8. The molecule has 3 aromatic carbocycles. The Morgan fingerprint density at radius 2 is 1.16 bits per heavy atom. The Labute approximate surface area is 184 Å².